The summed E-state index contributed by atoms with van der Waals surface area (Å²) in [5, 5.41) is 13.4. The van der Waals surface area contributed by atoms with E-state index in [0.717, 1.165) is 6.33 Å². The Morgan fingerprint density at radius 2 is 2.32 bits per heavy atom. The number of aromatic nitrogens is 2. The molecule has 0 unspecified atom stereocenters. The van der Waals surface area contributed by atoms with Crippen LogP contribution >= 0.6 is 11.6 Å². The van der Waals surface area contributed by atoms with Crippen LogP contribution in [0.3, 0.4) is 0 Å². The maximum Gasteiger partial charge on any atom is 0.348 e. The van der Waals surface area contributed by atoms with Crippen molar-refractivity contribution in [3.8, 4) is 0 Å². The van der Waals surface area contributed by atoms with Gasteiger partial charge in [-0.1, -0.05) is 11.6 Å². The maximum atomic E-state index is 11.8. The number of nitro groups is 1. The molecule has 1 aliphatic rings. The summed E-state index contributed by atoms with van der Waals surface area (Å²) in [6, 6.07) is 0. The topological polar surface area (TPSA) is 107 Å². The van der Waals surface area contributed by atoms with Gasteiger partial charge in [0, 0.05) is 0 Å². The molecule has 1 aliphatic carbocycles. The number of ether oxygens (including phenoxy) is 1. The van der Waals surface area contributed by atoms with Crippen LogP contribution in [0.25, 0.3) is 0 Å². The van der Waals surface area contributed by atoms with Gasteiger partial charge < -0.3 is 10.1 Å². The number of rotatable bonds is 5. The maximum absolute atomic E-state index is 11.8. The number of anilines is 1. The molecule has 1 fully saturated rings. The Bertz CT molecular complexity index is 532. The monoisotopic (exact) mass is 286 g/mol. The highest BCUT2D eigenvalue weighted by molar-refractivity contribution is 6.31. The lowest BCUT2D eigenvalue weighted by atomic mass is 10.2. The Hall–Kier alpha value is -1.96. The van der Waals surface area contributed by atoms with E-state index in [1.807, 2.05) is 0 Å². The van der Waals surface area contributed by atoms with Crippen LogP contribution in [0.15, 0.2) is 6.33 Å². The van der Waals surface area contributed by atoms with Crippen molar-refractivity contribution in [2.24, 2.45) is 0 Å². The summed E-state index contributed by atoms with van der Waals surface area (Å²) >= 11 is 5.67. The fraction of sp³-hybridized carbons (Fsp3) is 0.500. The van der Waals surface area contributed by atoms with Gasteiger partial charge in [-0.25, -0.2) is 14.8 Å². The summed E-state index contributed by atoms with van der Waals surface area (Å²) in [5.41, 5.74) is -1.38. The van der Waals surface area contributed by atoms with Gasteiger partial charge in [0.25, 0.3) is 0 Å². The van der Waals surface area contributed by atoms with Crippen molar-refractivity contribution in [2.45, 2.75) is 25.3 Å². The molecule has 0 saturated heterocycles. The first-order valence-corrected chi connectivity index (χ1v) is 5.98. The molecule has 0 aromatic carbocycles. The van der Waals surface area contributed by atoms with E-state index in [1.165, 1.54) is 0 Å². The van der Waals surface area contributed by atoms with Gasteiger partial charge in [0.05, 0.1) is 11.5 Å². The summed E-state index contributed by atoms with van der Waals surface area (Å²) in [6.45, 7) is 1.94. The standard InChI is InChI=1S/C10H11ClN4O4/c1-2-19-9(16)10(3-4-10)14-8-6(15(17)18)7(11)12-5-13-8/h5H,2-4H2,1H3,(H,12,13,14). The van der Waals surface area contributed by atoms with Crippen LogP contribution in [0.2, 0.25) is 5.15 Å². The predicted octanol–water partition coefficient (Wildman–Crippen LogP) is 1.55. The second-order valence-corrected chi connectivity index (χ2v) is 4.40. The highest BCUT2D eigenvalue weighted by atomic mass is 35.5. The van der Waals surface area contributed by atoms with E-state index < -0.39 is 22.1 Å². The van der Waals surface area contributed by atoms with Crippen LogP contribution in [0.1, 0.15) is 19.8 Å². The third-order valence-electron chi connectivity index (χ3n) is 2.73. The number of halogens is 1. The van der Waals surface area contributed by atoms with Gasteiger partial charge >= 0.3 is 11.7 Å². The Morgan fingerprint density at radius 1 is 1.63 bits per heavy atom. The summed E-state index contributed by atoms with van der Waals surface area (Å²) in [6.07, 6.45) is 2.16. The molecule has 0 amide bonds. The highest BCUT2D eigenvalue weighted by Crippen LogP contribution is 2.42. The minimum absolute atomic E-state index is 0.0736. The van der Waals surface area contributed by atoms with Crippen molar-refractivity contribution in [2.75, 3.05) is 11.9 Å². The number of carbonyl (C=O) groups excluding carboxylic acids is 1. The average molecular weight is 287 g/mol. The molecule has 9 heteroatoms. The van der Waals surface area contributed by atoms with Gasteiger partial charge in [0.2, 0.25) is 11.0 Å². The van der Waals surface area contributed by atoms with Crippen molar-refractivity contribution < 1.29 is 14.5 Å². The third-order valence-corrected chi connectivity index (χ3v) is 3.01. The molecule has 0 spiro atoms. The number of hydrogen-bond acceptors (Lipinski definition) is 7. The van der Waals surface area contributed by atoms with E-state index in [9.17, 15) is 14.9 Å². The lowest BCUT2D eigenvalue weighted by molar-refractivity contribution is -0.384. The smallest absolute Gasteiger partial charge is 0.348 e. The minimum Gasteiger partial charge on any atom is -0.464 e. The molecule has 1 aromatic rings. The fourth-order valence-corrected chi connectivity index (χ4v) is 1.81. The molecule has 1 aromatic heterocycles. The summed E-state index contributed by atoms with van der Waals surface area (Å²) < 4.78 is 4.92. The Morgan fingerprint density at radius 3 is 2.84 bits per heavy atom. The predicted molar refractivity (Wildman–Crippen MR) is 65.9 cm³/mol. The molecule has 0 aliphatic heterocycles. The molecule has 0 bridgehead atoms. The van der Waals surface area contributed by atoms with Crippen molar-refractivity contribution in [1.29, 1.82) is 0 Å². The number of nitrogens with zero attached hydrogens (tertiary/aromatic N) is 3. The molecule has 1 N–H and O–H groups in total. The summed E-state index contributed by atoms with van der Waals surface area (Å²) in [7, 11) is 0. The lowest BCUT2D eigenvalue weighted by Crippen LogP contribution is -2.34. The van der Waals surface area contributed by atoms with Gasteiger partial charge in [-0.15, -0.1) is 0 Å². The SMILES string of the molecule is CCOC(=O)C1(Nc2ncnc(Cl)c2[N+](=O)[O-])CC1. The second-order valence-electron chi connectivity index (χ2n) is 4.05. The first-order chi connectivity index (χ1) is 9.00. The number of hydrogen-bond donors (Lipinski definition) is 1. The molecular weight excluding hydrogens is 276 g/mol. The van der Waals surface area contributed by atoms with E-state index in [1.54, 1.807) is 6.92 Å². The van der Waals surface area contributed by atoms with Crippen LogP contribution in [0.5, 0.6) is 0 Å². The van der Waals surface area contributed by atoms with E-state index >= 15 is 0 Å². The van der Waals surface area contributed by atoms with Crippen LogP contribution in [0, 0.1) is 10.1 Å². The average Bonchev–Trinajstić information content (AvgIpc) is 3.10. The van der Waals surface area contributed by atoms with Crippen molar-refractivity contribution >= 4 is 29.1 Å². The second kappa shape index (κ2) is 4.96. The molecule has 0 atom stereocenters. The Kier molecular flexibility index (Phi) is 3.52. The highest BCUT2D eigenvalue weighted by Gasteiger charge is 2.52. The molecule has 2 rings (SSSR count). The zero-order valence-corrected chi connectivity index (χ0v) is 10.8. The quantitative estimate of drug-likeness (QED) is 0.378. The first kappa shape index (κ1) is 13.5. The number of nitrogens with one attached hydrogen (secondary N) is 1. The van der Waals surface area contributed by atoms with Gasteiger partial charge in [-0.2, -0.15) is 0 Å². The molecule has 0 radical (unpaired) electrons. The van der Waals surface area contributed by atoms with Crippen molar-refractivity contribution in [1.82, 2.24) is 9.97 Å². The lowest BCUT2D eigenvalue weighted by Gasteiger charge is -2.16. The van der Waals surface area contributed by atoms with Gasteiger partial charge in [-0.05, 0) is 19.8 Å². The van der Waals surface area contributed by atoms with E-state index in [0.29, 0.717) is 12.8 Å². The van der Waals surface area contributed by atoms with Crippen LogP contribution in [-0.2, 0) is 9.53 Å². The zero-order chi connectivity index (χ0) is 14.0. The third kappa shape index (κ3) is 2.58. The van der Waals surface area contributed by atoms with Gasteiger partial charge in [-0.3, -0.25) is 10.1 Å². The van der Waals surface area contributed by atoms with Gasteiger partial charge in [0.1, 0.15) is 11.9 Å². The fourth-order valence-electron chi connectivity index (χ4n) is 1.61. The van der Waals surface area contributed by atoms with Crippen LogP contribution in [-0.4, -0.2) is 33.0 Å². The molecule has 102 valence electrons. The van der Waals surface area contributed by atoms with Crippen LogP contribution < -0.4 is 5.32 Å². The number of esters is 1. The molecular formula is C10H11ClN4O4. The Balaban J connectivity index is 2.27. The van der Waals surface area contributed by atoms with E-state index in [-0.39, 0.29) is 17.6 Å². The Labute approximate surface area is 113 Å². The molecule has 1 saturated carbocycles. The van der Waals surface area contributed by atoms with Crippen molar-refractivity contribution in [3.63, 3.8) is 0 Å². The summed E-state index contributed by atoms with van der Waals surface area (Å²) in [5.74, 6) is -0.519. The van der Waals surface area contributed by atoms with Crippen molar-refractivity contribution in [3.05, 3.63) is 21.6 Å². The normalized spacial score (nSPS) is 15.7. The van der Waals surface area contributed by atoms with Gasteiger partial charge in [0.15, 0.2) is 0 Å². The first-order valence-electron chi connectivity index (χ1n) is 5.60. The molecule has 8 nitrogen and oxygen atoms in total. The van der Waals surface area contributed by atoms with Crippen LogP contribution in [0.4, 0.5) is 11.5 Å². The largest absolute Gasteiger partial charge is 0.464 e. The van der Waals surface area contributed by atoms with E-state index in [4.69, 9.17) is 16.3 Å². The zero-order valence-electron chi connectivity index (χ0n) is 10.1. The summed E-state index contributed by atoms with van der Waals surface area (Å²) in [4.78, 5) is 29.3. The number of carbonyl (C=O) groups is 1. The minimum atomic E-state index is -0.932. The van der Waals surface area contributed by atoms with E-state index in [2.05, 4.69) is 15.3 Å². The molecule has 19 heavy (non-hydrogen) atoms. The molecule has 1 heterocycles.